The molecule has 30 heavy (non-hydrogen) atoms. The van der Waals surface area contributed by atoms with Crippen molar-refractivity contribution in [3.8, 4) is 11.3 Å². The fourth-order valence-corrected chi connectivity index (χ4v) is 3.57. The van der Waals surface area contributed by atoms with Crippen molar-refractivity contribution >= 4 is 27.9 Å². The minimum Gasteiger partial charge on any atom is -0.399 e. The van der Waals surface area contributed by atoms with E-state index in [4.69, 9.17) is 5.73 Å². The van der Waals surface area contributed by atoms with Gasteiger partial charge in [-0.25, -0.2) is 23.7 Å². The normalized spacial score (nSPS) is 12.5. The van der Waals surface area contributed by atoms with Crippen LogP contribution in [0.2, 0.25) is 0 Å². The topological polar surface area (TPSA) is 82.5 Å². The summed E-state index contributed by atoms with van der Waals surface area (Å²) in [6.07, 6.45) is 4.61. The van der Waals surface area contributed by atoms with Crippen molar-refractivity contribution in [2.45, 2.75) is 13.0 Å². The maximum atomic E-state index is 15.2. The van der Waals surface area contributed by atoms with Crippen LogP contribution in [-0.2, 0) is 0 Å². The number of nitrogen functional groups attached to an aromatic ring is 1. The molecule has 5 rings (SSSR count). The highest BCUT2D eigenvalue weighted by atomic mass is 19.1. The van der Waals surface area contributed by atoms with E-state index in [0.29, 0.717) is 22.7 Å². The van der Waals surface area contributed by atoms with Crippen molar-refractivity contribution in [2.75, 3.05) is 5.73 Å². The molecule has 5 aromatic rings. The summed E-state index contributed by atoms with van der Waals surface area (Å²) in [6, 6.07) is 11.0. The highest BCUT2D eigenvalue weighted by molar-refractivity contribution is 5.80. The van der Waals surface area contributed by atoms with Crippen LogP contribution >= 0.6 is 0 Å². The van der Waals surface area contributed by atoms with E-state index in [1.807, 2.05) is 12.1 Å². The number of halogens is 2. The van der Waals surface area contributed by atoms with Gasteiger partial charge < -0.3 is 10.3 Å². The molecule has 0 bridgehead atoms. The first-order valence-corrected chi connectivity index (χ1v) is 9.31. The van der Waals surface area contributed by atoms with Crippen LogP contribution in [0.5, 0.6) is 0 Å². The first-order valence-electron chi connectivity index (χ1n) is 9.31. The quantitative estimate of drug-likeness (QED) is 0.449. The van der Waals surface area contributed by atoms with Crippen LogP contribution < -0.4 is 5.73 Å². The second kappa shape index (κ2) is 6.84. The zero-order chi connectivity index (χ0) is 20.8. The molecule has 3 aromatic heterocycles. The van der Waals surface area contributed by atoms with Crippen molar-refractivity contribution in [1.82, 2.24) is 24.5 Å². The smallest absolute Gasteiger partial charge is 0.197 e. The van der Waals surface area contributed by atoms with Gasteiger partial charge in [0.25, 0.3) is 0 Å². The van der Waals surface area contributed by atoms with Crippen LogP contribution in [-0.4, -0.2) is 24.5 Å². The molecule has 6 nitrogen and oxygen atoms in total. The lowest BCUT2D eigenvalue weighted by Gasteiger charge is -2.17. The second-order valence-corrected chi connectivity index (χ2v) is 7.01. The molecule has 148 valence electrons. The van der Waals surface area contributed by atoms with Crippen molar-refractivity contribution < 1.29 is 8.78 Å². The van der Waals surface area contributed by atoms with E-state index < -0.39 is 17.7 Å². The van der Waals surface area contributed by atoms with E-state index in [1.54, 1.807) is 42.0 Å². The van der Waals surface area contributed by atoms with E-state index in [2.05, 4.69) is 19.9 Å². The SMILES string of the molecule is CC(c1c(F)cc2ncccc2c1F)n1cnc2ncc(-c3ccc(N)cc3)nc21. The zero-order valence-electron chi connectivity index (χ0n) is 15.9. The number of fused-ring (bicyclic) bond motifs is 2. The Morgan fingerprint density at radius 3 is 2.63 bits per heavy atom. The number of nitrogens with zero attached hydrogens (tertiary/aromatic N) is 5. The third-order valence-corrected chi connectivity index (χ3v) is 5.16. The van der Waals surface area contributed by atoms with Gasteiger partial charge in [-0.3, -0.25) is 4.98 Å². The van der Waals surface area contributed by atoms with Gasteiger partial charge in [0.1, 0.15) is 11.6 Å². The molecular weight excluding hydrogens is 386 g/mol. The number of aromatic nitrogens is 5. The van der Waals surface area contributed by atoms with E-state index in [1.165, 1.54) is 18.6 Å². The third kappa shape index (κ3) is 2.85. The Labute approximate surface area is 170 Å². The van der Waals surface area contributed by atoms with Crippen LogP contribution in [0.15, 0.2) is 61.2 Å². The van der Waals surface area contributed by atoms with Crippen LogP contribution in [0.1, 0.15) is 18.5 Å². The summed E-state index contributed by atoms with van der Waals surface area (Å²) >= 11 is 0. The number of imidazole rings is 1. The molecule has 3 heterocycles. The van der Waals surface area contributed by atoms with Gasteiger partial charge in [0.2, 0.25) is 0 Å². The molecule has 0 saturated carbocycles. The molecule has 1 unspecified atom stereocenters. The second-order valence-electron chi connectivity index (χ2n) is 7.01. The first kappa shape index (κ1) is 18.1. The summed E-state index contributed by atoms with van der Waals surface area (Å²) in [7, 11) is 0. The van der Waals surface area contributed by atoms with E-state index in [9.17, 15) is 4.39 Å². The van der Waals surface area contributed by atoms with Gasteiger partial charge in [-0.15, -0.1) is 0 Å². The predicted octanol–water partition coefficient (Wildman–Crippen LogP) is 4.51. The van der Waals surface area contributed by atoms with Gasteiger partial charge in [0.05, 0.1) is 29.8 Å². The fourth-order valence-electron chi connectivity index (χ4n) is 3.57. The summed E-state index contributed by atoms with van der Waals surface area (Å²) in [5.41, 5.74) is 8.85. The van der Waals surface area contributed by atoms with Crippen LogP contribution in [0.4, 0.5) is 14.5 Å². The monoisotopic (exact) mass is 402 g/mol. The lowest BCUT2D eigenvalue weighted by atomic mass is 10.0. The van der Waals surface area contributed by atoms with Crippen molar-refractivity contribution in [1.29, 1.82) is 0 Å². The standard InChI is InChI=1S/C22H16F2N6/c1-12(19-16(23)9-17-15(20(19)24)3-2-8-26-17)30-11-28-21-22(30)29-18(10-27-21)13-4-6-14(25)7-5-13/h2-12H,25H2,1H3. The molecule has 2 N–H and O–H groups in total. The predicted molar refractivity (Wildman–Crippen MR) is 111 cm³/mol. The van der Waals surface area contributed by atoms with Gasteiger partial charge >= 0.3 is 0 Å². The number of hydrogen-bond donors (Lipinski definition) is 1. The lowest BCUT2D eigenvalue weighted by Crippen LogP contribution is -2.11. The largest absolute Gasteiger partial charge is 0.399 e. The summed E-state index contributed by atoms with van der Waals surface area (Å²) in [6.45, 7) is 1.70. The molecule has 0 aliphatic rings. The summed E-state index contributed by atoms with van der Waals surface area (Å²) in [5.74, 6) is -1.31. The van der Waals surface area contributed by atoms with Gasteiger partial charge in [0.15, 0.2) is 11.3 Å². The van der Waals surface area contributed by atoms with Crippen molar-refractivity contribution in [3.63, 3.8) is 0 Å². The Morgan fingerprint density at radius 1 is 1.03 bits per heavy atom. The van der Waals surface area contributed by atoms with Crippen LogP contribution in [0, 0.1) is 11.6 Å². The third-order valence-electron chi connectivity index (χ3n) is 5.16. The molecule has 0 aliphatic heterocycles. The molecule has 0 aliphatic carbocycles. The minimum atomic E-state index is -0.699. The molecule has 0 spiro atoms. The number of nitrogens with two attached hydrogens (primary N) is 1. The highest BCUT2D eigenvalue weighted by Crippen LogP contribution is 2.31. The molecule has 0 fully saturated rings. The molecule has 0 amide bonds. The molecule has 0 saturated heterocycles. The summed E-state index contributed by atoms with van der Waals surface area (Å²) < 4.78 is 31.7. The Kier molecular flexibility index (Phi) is 4.13. The summed E-state index contributed by atoms with van der Waals surface area (Å²) in [5, 5.41) is 0.263. The molecule has 8 heteroatoms. The molecule has 2 aromatic carbocycles. The van der Waals surface area contributed by atoms with Crippen molar-refractivity contribution in [3.05, 3.63) is 78.4 Å². The highest BCUT2D eigenvalue weighted by Gasteiger charge is 2.23. The van der Waals surface area contributed by atoms with E-state index in [-0.39, 0.29) is 16.5 Å². The molecule has 0 radical (unpaired) electrons. The molecular formula is C22H16F2N6. The summed E-state index contributed by atoms with van der Waals surface area (Å²) in [4.78, 5) is 17.3. The average Bonchev–Trinajstić information content (AvgIpc) is 3.17. The number of benzene rings is 2. The number of hydrogen-bond acceptors (Lipinski definition) is 5. The lowest BCUT2D eigenvalue weighted by molar-refractivity contribution is 0.517. The number of anilines is 1. The van der Waals surface area contributed by atoms with Gasteiger partial charge in [-0.1, -0.05) is 12.1 Å². The van der Waals surface area contributed by atoms with E-state index in [0.717, 1.165) is 5.56 Å². The van der Waals surface area contributed by atoms with Gasteiger partial charge in [0, 0.05) is 34.5 Å². The van der Waals surface area contributed by atoms with Crippen molar-refractivity contribution in [2.24, 2.45) is 0 Å². The van der Waals surface area contributed by atoms with E-state index >= 15 is 4.39 Å². The van der Waals surface area contributed by atoms with Gasteiger partial charge in [-0.2, -0.15) is 0 Å². The first-order chi connectivity index (χ1) is 14.5. The minimum absolute atomic E-state index is 0.0745. The fraction of sp³-hybridized carbons (Fsp3) is 0.0909. The Hall–Kier alpha value is -3.94. The Morgan fingerprint density at radius 2 is 1.83 bits per heavy atom. The number of pyridine rings is 1. The maximum Gasteiger partial charge on any atom is 0.197 e. The van der Waals surface area contributed by atoms with Gasteiger partial charge in [-0.05, 0) is 31.2 Å². The average molecular weight is 402 g/mol. The molecule has 1 atom stereocenters. The Bertz CT molecular complexity index is 1390. The van der Waals surface area contributed by atoms with Crippen LogP contribution in [0.3, 0.4) is 0 Å². The Balaban J connectivity index is 1.65. The number of rotatable bonds is 3. The maximum absolute atomic E-state index is 15.2. The van der Waals surface area contributed by atoms with Crippen LogP contribution in [0.25, 0.3) is 33.5 Å². The zero-order valence-corrected chi connectivity index (χ0v) is 15.9.